The second-order valence-corrected chi connectivity index (χ2v) is 7.88. The number of likely N-dealkylation sites (tertiary alicyclic amines) is 1. The highest BCUT2D eigenvalue weighted by molar-refractivity contribution is 5.89. The third-order valence-electron chi connectivity index (χ3n) is 5.57. The highest BCUT2D eigenvalue weighted by atomic mass is 16.5. The molecule has 0 atom stereocenters. The van der Waals surface area contributed by atoms with Gasteiger partial charge in [-0.15, -0.1) is 0 Å². The molecule has 32 heavy (non-hydrogen) atoms. The van der Waals surface area contributed by atoms with Crippen molar-refractivity contribution < 1.29 is 24.3 Å². The molecule has 2 heterocycles. The van der Waals surface area contributed by atoms with E-state index in [4.69, 9.17) is 14.7 Å². The van der Waals surface area contributed by atoms with Crippen molar-refractivity contribution in [2.24, 2.45) is 5.92 Å². The first-order valence-corrected chi connectivity index (χ1v) is 10.7. The number of nitrogens with zero attached hydrogens (tertiary/aromatic N) is 2. The molecule has 0 spiro atoms. The van der Waals surface area contributed by atoms with Gasteiger partial charge in [0.25, 0.3) is 0 Å². The van der Waals surface area contributed by atoms with Gasteiger partial charge in [-0.2, -0.15) is 0 Å². The van der Waals surface area contributed by atoms with Crippen LogP contribution >= 0.6 is 0 Å². The monoisotopic (exact) mass is 436 g/mol. The molecule has 1 aromatic heterocycles. The van der Waals surface area contributed by atoms with Crippen LogP contribution in [0.15, 0.2) is 71.3 Å². The molecule has 7 nitrogen and oxygen atoms in total. The van der Waals surface area contributed by atoms with Gasteiger partial charge in [0.1, 0.15) is 0 Å². The maximum atomic E-state index is 9.55. The summed E-state index contributed by atoms with van der Waals surface area (Å²) >= 11 is 0. The maximum absolute atomic E-state index is 9.55. The van der Waals surface area contributed by atoms with E-state index in [1.54, 1.807) is 0 Å². The summed E-state index contributed by atoms with van der Waals surface area (Å²) in [5.41, 5.74) is 3.45. The first kappa shape index (κ1) is 23.2. The molecule has 1 fully saturated rings. The van der Waals surface area contributed by atoms with Crippen LogP contribution in [-0.4, -0.2) is 45.3 Å². The number of fused-ring (bicyclic) bond motifs is 1. The van der Waals surface area contributed by atoms with Gasteiger partial charge in [0.15, 0.2) is 5.58 Å². The van der Waals surface area contributed by atoms with E-state index >= 15 is 0 Å². The van der Waals surface area contributed by atoms with E-state index in [0.29, 0.717) is 12.2 Å². The lowest BCUT2D eigenvalue weighted by atomic mass is 9.91. The Kier molecular flexibility index (Phi) is 8.57. The Bertz CT molecular complexity index is 1020. The van der Waals surface area contributed by atoms with Gasteiger partial charge < -0.3 is 14.7 Å². The average molecular weight is 437 g/mol. The van der Waals surface area contributed by atoms with E-state index in [2.05, 4.69) is 52.5 Å². The van der Waals surface area contributed by atoms with Crippen LogP contribution in [0.4, 0.5) is 0 Å². The lowest BCUT2D eigenvalue weighted by Gasteiger charge is -2.31. The first-order chi connectivity index (χ1) is 15.5. The number of aromatic nitrogens is 1. The smallest absolute Gasteiger partial charge is 0.328 e. The second kappa shape index (κ2) is 11.8. The van der Waals surface area contributed by atoms with E-state index in [1.807, 2.05) is 12.1 Å². The van der Waals surface area contributed by atoms with Crippen LogP contribution in [0.1, 0.15) is 30.5 Å². The fraction of sp³-hybridized carbons (Fsp3) is 0.320. The molecule has 3 aromatic rings. The topological polar surface area (TPSA) is 104 Å². The summed E-state index contributed by atoms with van der Waals surface area (Å²) in [7, 11) is 0. The van der Waals surface area contributed by atoms with Gasteiger partial charge in [0.2, 0.25) is 0 Å². The van der Waals surface area contributed by atoms with E-state index in [0.717, 1.165) is 30.2 Å². The zero-order valence-electron chi connectivity index (χ0n) is 17.9. The number of rotatable bonds is 7. The van der Waals surface area contributed by atoms with Gasteiger partial charge in [-0.3, -0.25) is 4.90 Å². The number of para-hydroxylation sites is 1. The summed E-state index contributed by atoms with van der Waals surface area (Å²) in [5, 5.41) is 21.1. The van der Waals surface area contributed by atoms with Crippen LogP contribution in [0.5, 0.6) is 0 Å². The Morgan fingerprint density at radius 1 is 0.969 bits per heavy atom. The Labute approximate surface area is 186 Å². The summed E-state index contributed by atoms with van der Waals surface area (Å²) in [5.74, 6) is -1.70. The van der Waals surface area contributed by atoms with Gasteiger partial charge >= 0.3 is 11.9 Å². The zero-order valence-corrected chi connectivity index (χ0v) is 17.9. The molecule has 0 amide bonds. The number of carboxylic acids is 2. The quantitative estimate of drug-likeness (QED) is 0.530. The summed E-state index contributed by atoms with van der Waals surface area (Å²) in [6.45, 7) is 3.50. The van der Waals surface area contributed by atoms with Crippen molar-refractivity contribution in [2.45, 2.75) is 32.2 Å². The molecular formula is C25H28N2O5. The summed E-state index contributed by atoms with van der Waals surface area (Å²) in [4.78, 5) is 21.7. The van der Waals surface area contributed by atoms with Crippen molar-refractivity contribution in [1.29, 1.82) is 0 Å². The minimum Gasteiger partial charge on any atom is -0.478 e. The molecule has 1 aliphatic heterocycles. The number of hydrogen-bond acceptors (Lipinski definition) is 5. The Morgan fingerprint density at radius 2 is 1.59 bits per heavy atom. The normalized spacial score (nSPS) is 14.9. The number of carbonyl (C=O) groups is 2. The molecule has 168 valence electrons. The Balaban J connectivity index is 0.000000312. The summed E-state index contributed by atoms with van der Waals surface area (Å²) in [6, 6.07) is 19.0. The molecule has 2 N–H and O–H groups in total. The second-order valence-electron chi connectivity index (χ2n) is 7.88. The van der Waals surface area contributed by atoms with E-state index in [9.17, 15) is 9.59 Å². The molecule has 2 aromatic carbocycles. The molecule has 1 aliphatic rings. The number of benzene rings is 2. The highest BCUT2D eigenvalue weighted by Crippen LogP contribution is 2.25. The lowest BCUT2D eigenvalue weighted by Crippen LogP contribution is -2.33. The largest absolute Gasteiger partial charge is 0.478 e. The SMILES string of the molecule is O=C(O)C=CC(=O)O.c1ccc(CN2CCC(CCc3noc4ccccc34)CC2)cc1. The third kappa shape index (κ3) is 7.35. The highest BCUT2D eigenvalue weighted by Gasteiger charge is 2.20. The van der Waals surface area contributed by atoms with E-state index < -0.39 is 11.9 Å². The van der Waals surface area contributed by atoms with Gasteiger partial charge in [-0.05, 0) is 62.4 Å². The fourth-order valence-electron chi connectivity index (χ4n) is 3.88. The molecule has 0 aliphatic carbocycles. The number of aryl methyl sites for hydroxylation is 1. The Hall–Kier alpha value is -3.45. The number of piperidine rings is 1. The number of aliphatic carboxylic acids is 2. The minimum absolute atomic E-state index is 0.558. The predicted molar refractivity (Wildman–Crippen MR) is 121 cm³/mol. The van der Waals surface area contributed by atoms with Gasteiger partial charge in [0.05, 0.1) is 5.69 Å². The van der Waals surface area contributed by atoms with Crippen LogP contribution in [0, 0.1) is 5.92 Å². The number of hydrogen-bond donors (Lipinski definition) is 2. The molecule has 7 heteroatoms. The fourth-order valence-corrected chi connectivity index (χ4v) is 3.88. The molecular weight excluding hydrogens is 408 g/mol. The van der Waals surface area contributed by atoms with Crippen molar-refractivity contribution >= 4 is 22.9 Å². The van der Waals surface area contributed by atoms with Crippen LogP contribution in [0.3, 0.4) is 0 Å². The van der Waals surface area contributed by atoms with Crippen LogP contribution < -0.4 is 0 Å². The Morgan fingerprint density at radius 3 is 2.25 bits per heavy atom. The van der Waals surface area contributed by atoms with Crippen molar-refractivity contribution in [3.8, 4) is 0 Å². The first-order valence-electron chi connectivity index (χ1n) is 10.7. The van der Waals surface area contributed by atoms with Gasteiger partial charge in [0, 0.05) is 24.1 Å². The van der Waals surface area contributed by atoms with E-state index in [-0.39, 0.29) is 0 Å². The zero-order chi connectivity index (χ0) is 22.8. The van der Waals surface area contributed by atoms with Crippen LogP contribution in [0.25, 0.3) is 11.0 Å². The third-order valence-corrected chi connectivity index (χ3v) is 5.57. The van der Waals surface area contributed by atoms with Crippen molar-refractivity contribution in [2.75, 3.05) is 13.1 Å². The van der Waals surface area contributed by atoms with Crippen LogP contribution in [-0.2, 0) is 22.6 Å². The van der Waals surface area contributed by atoms with Gasteiger partial charge in [-0.25, -0.2) is 9.59 Å². The van der Waals surface area contributed by atoms with E-state index in [1.165, 1.54) is 43.3 Å². The van der Waals surface area contributed by atoms with Crippen molar-refractivity contribution in [1.82, 2.24) is 10.1 Å². The van der Waals surface area contributed by atoms with Crippen LogP contribution in [0.2, 0.25) is 0 Å². The van der Waals surface area contributed by atoms with Gasteiger partial charge in [-0.1, -0.05) is 47.6 Å². The lowest BCUT2D eigenvalue weighted by molar-refractivity contribution is -0.134. The molecule has 0 radical (unpaired) electrons. The maximum Gasteiger partial charge on any atom is 0.328 e. The summed E-state index contributed by atoms with van der Waals surface area (Å²) < 4.78 is 5.41. The molecule has 4 rings (SSSR count). The molecule has 0 bridgehead atoms. The average Bonchev–Trinajstić information content (AvgIpc) is 3.22. The standard InChI is InChI=1S/C21H24N2O.C4H4O4/c1-2-6-18(7-3-1)16-23-14-12-17(13-15-23)10-11-20-19-8-4-5-9-21(19)24-22-20;5-3(6)1-2-4(7)8/h1-9,17H,10-16H2;1-2H,(H,5,6)(H,7,8). The number of carboxylic acid groups (broad SMARTS) is 2. The molecule has 1 saturated heterocycles. The van der Waals surface area contributed by atoms with Crippen molar-refractivity contribution in [3.05, 3.63) is 78.0 Å². The minimum atomic E-state index is -1.26. The van der Waals surface area contributed by atoms with Crippen molar-refractivity contribution in [3.63, 3.8) is 0 Å². The molecule has 0 unspecified atom stereocenters. The predicted octanol–water partition coefficient (Wildman–Crippen LogP) is 4.38. The summed E-state index contributed by atoms with van der Waals surface area (Å²) in [6.07, 6.45) is 5.95. The molecule has 0 saturated carbocycles.